The first-order valence-corrected chi connectivity index (χ1v) is 7.79. The lowest BCUT2D eigenvalue weighted by atomic mass is 10.1. The molecule has 0 bridgehead atoms. The average molecular weight is 311 g/mol. The van der Waals surface area contributed by atoms with E-state index in [4.69, 9.17) is 0 Å². The number of nitrogens with one attached hydrogen (secondary N) is 1. The Morgan fingerprint density at radius 2 is 1.75 bits per heavy atom. The summed E-state index contributed by atoms with van der Waals surface area (Å²) >= 11 is 0. The van der Waals surface area contributed by atoms with E-state index in [2.05, 4.69) is 9.97 Å². The third-order valence-electron chi connectivity index (χ3n) is 4.43. The highest BCUT2D eigenvalue weighted by Gasteiger charge is 2.12. The summed E-state index contributed by atoms with van der Waals surface area (Å²) in [5.41, 5.74) is 3.40. The van der Waals surface area contributed by atoms with Crippen LogP contribution in [0, 0.1) is 0 Å². The van der Waals surface area contributed by atoms with Gasteiger partial charge in [0, 0.05) is 28.7 Å². The van der Waals surface area contributed by atoms with E-state index in [0.717, 1.165) is 33.0 Å². The molecule has 5 rings (SSSR count). The van der Waals surface area contributed by atoms with Crippen molar-refractivity contribution in [2.24, 2.45) is 0 Å². The normalized spacial score (nSPS) is 11.5. The number of hydrogen-bond acceptors (Lipinski definition) is 2. The van der Waals surface area contributed by atoms with E-state index in [9.17, 15) is 4.79 Å². The van der Waals surface area contributed by atoms with Crippen molar-refractivity contribution in [2.45, 2.75) is 0 Å². The molecule has 0 radical (unpaired) electrons. The molecule has 1 N–H and O–H groups in total. The standard InChI is InChI=1S/C20H13N3O/c24-20-18-14-7-1-2-8-15(14)22-16(18)10-12-23(20)17-9-3-5-13-6-4-11-21-19(13)17/h1-12,22H. The lowest BCUT2D eigenvalue weighted by Gasteiger charge is -2.08. The Bertz CT molecular complexity index is 1280. The molecular formula is C20H13N3O. The molecule has 0 aliphatic rings. The number of nitrogens with zero attached hydrogens (tertiary/aromatic N) is 2. The van der Waals surface area contributed by atoms with E-state index >= 15 is 0 Å². The smallest absolute Gasteiger partial charge is 0.265 e. The van der Waals surface area contributed by atoms with Crippen LogP contribution in [0.2, 0.25) is 0 Å². The maximum Gasteiger partial charge on any atom is 0.265 e. The topological polar surface area (TPSA) is 50.7 Å². The quantitative estimate of drug-likeness (QED) is 0.508. The van der Waals surface area contributed by atoms with Gasteiger partial charge in [0.1, 0.15) is 0 Å². The van der Waals surface area contributed by atoms with Crippen LogP contribution >= 0.6 is 0 Å². The Kier molecular flexibility index (Phi) is 2.61. The van der Waals surface area contributed by atoms with E-state index in [1.165, 1.54) is 0 Å². The Morgan fingerprint density at radius 3 is 2.71 bits per heavy atom. The van der Waals surface area contributed by atoms with Crippen molar-refractivity contribution < 1.29 is 0 Å². The summed E-state index contributed by atoms with van der Waals surface area (Å²) in [7, 11) is 0. The summed E-state index contributed by atoms with van der Waals surface area (Å²) in [5.74, 6) is 0. The van der Waals surface area contributed by atoms with Gasteiger partial charge in [-0.2, -0.15) is 0 Å². The van der Waals surface area contributed by atoms with E-state index in [1.54, 1.807) is 10.8 Å². The van der Waals surface area contributed by atoms with Gasteiger partial charge in [0.15, 0.2) is 0 Å². The minimum absolute atomic E-state index is 0.0388. The zero-order valence-corrected chi connectivity index (χ0v) is 12.7. The van der Waals surface area contributed by atoms with Crippen molar-refractivity contribution in [3.63, 3.8) is 0 Å². The molecule has 4 nitrogen and oxygen atoms in total. The van der Waals surface area contributed by atoms with Gasteiger partial charge in [-0.3, -0.25) is 14.3 Å². The summed E-state index contributed by atoms with van der Waals surface area (Å²) in [5, 5.41) is 2.67. The molecule has 4 heteroatoms. The predicted octanol–water partition coefficient (Wildman–Crippen LogP) is 4.02. The van der Waals surface area contributed by atoms with Crippen LogP contribution < -0.4 is 5.56 Å². The van der Waals surface area contributed by atoms with Gasteiger partial charge in [-0.25, -0.2) is 0 Å². The van der Waals surface area contributed by atoms with Crippen LogP contribution in [0.15, 0.2) is 77.9 Å². The molecule has 0 saturated carbocycles. The number of fused-ring (bicyclic) bond motifs is 4. The third kappa shape index (κ3) is 1.74. The van der Waals surface area contributed by atoms with E-state index in [-0.39, 0.29) is 5.56 Å². The lowest BCUT2D eigenvalue weighted by Crippen LogP contribution is -2.17. The van der Waals surface area contributed by atoms with Crippen molar-refractivity contribution in [1.82, 2.24) is 14.5 Å². The molecule has 0 saturated heterocycles. The van der Waals surface area contributed by atoms with Crippen molar-refractivity contribution in [3.8, 4) is 5.69 Å². The van der Waals surface area contributed by atoms with Crippen LogP contribution in [-0.4, -0.2) is 14.5 Å². The number of pyridine rings is 2. The molecule has 0 aliphatic heterocycles. The van der Waals surface area contributed by atoms with Gasteiger partial charge in [0.2, 0.25) is 0 Å². The Balaban J connectivity index is 1.92. The summed E-state index contributed by atoms with van der Waals surface area (Å²) in [4.78, 5) is 20.9. The largest absolute Gasteiger partial charge is 0.354 e. The van der Waals surface area contributed by atoms with Crippen LogP contribution in [0.25, 0.3) is 38.4 Å². The van der Waals surface area contributed by atoms with Crippen molar-refractivity contribution >= 4 is 32.7 Å². The van der Waals surface area contributed by atoms with Gasteiger partial charge in [-0.1, -0.05) is 36.4 Å². The molecule has 24 heavy (non-hydrogen) atoms. The van der Waals surface area contributed by atoms with Crippen LogP contribution in [-0.2, 0) is 0 Å². The lowest BCUT2D eigenvalue weighted by molar-refractivity contribution is 1.01. The molecule has 3 aromatic heterocycles. The van der Waals surface area contributed by atoms with Gasteiger partial charge >= 0.3 is 0 Å². The molecule has 5 aromatic rings. The summed E-state index contributed by atoms with van der Waals surface area (Å²) in [6.07, 6.45) is 3.56. The molecular weight excluding hydrogens is 298 g/mol. The Labute approximate surface area is 137 Å². The van der Waals surface area contributed by atoms with Gasteiger partial charge in [0.05, 0.1) is 22.1 Å². The highest BCUT2D eigenvalue weighted by Crippen LogP contribution is 2.24. The average Bonchev–Trinajstić information content (AvgIpc) is 3.01. The van der Waals surface area contributed by atoms with Crippen molar-refractivity contribution in [3.05, 3.63) is 83.4 Å². The highest BCUT2D eigenvalue weighted by molar-refractivity contribution is 6.06. The third-order valence-corrected chi connectivity index (χ3v) is 4.43. The van der Waals surface area contributed by atoms with Gasteiger partial charge < -0.3 is 4.98 Å². The molecule has 114 valence electrons. The van der Waals surface area contributed by atoms with Crippen molar-refractivity contribution in [1.29, 1.82) is 0 Å². The number of rotatable bonds is 1. The predicted molar refractivity (Wildman–Crippen MR) is 96.7 cm³/mol. The van der Waals surface area contributed by atoms with Crippen LogP contribution in [0.1, 0.15) is 0 Å². The molecule has 0 amide bonds. The zero-order valence-electron chi connectivity index (χ0n) is 12.7. The first-order chi connectivity index (χ1) is 11.8. The molecule has 2 aromatic carbocycles. The highest BCUT2D eigenvalue weighted by atomic mass is 16.1. The molecule has 0 unspecified atom stereocenters. The second-order valence-corrected chi connectivity index (χ2v) is 5.80. The number of H-pyrrole nitrogens is 1. The van der Waals surface area contributed by atoms with E-state index in [0.29, 0.717) is 5.39 Å². The van der Waals surface area contributed by atoms with Gasteiger partial charge in [-0.15, -0.1) is 0 Å². The van der Waals surface area contributed by atoms with Crippen LogP contribution in [0.4, 0.5) is 0 Å². The monoisotopic (exact) mass is 311 g/mol. The van der Waals surface area contributed by atoms with Crippen LogP contribution in [0.5, 0.6) is 0 Å². The number of benzene rings is 2. The fraction of sp³-hybridized carbons (Fsp3) is 0. The molecule has 0 atom stereocenters. The fourth-order valence-corrected chi connectivity index (χ4v) is 3.33. The minimum Gasteiger partial charge on any atom is -0.354 e. The number of aromatic amines is 1. The minimum atomic E-state index is -0.0388. The van der Waals surface area contributed by atoms with Gasteiger partial charge in [0.25, 0.3) is 5.56 Å². The molecule has 0 aliphatic carbocycles. The molecule has 0 fully saturated rings. The molecule has 3 heterocycles. The Hall–Kier alpha value is -3.40. The second-order valence-electron chi connectivity index (χ2n) is 5.80. The Morgan fingerprint density at radius 1 is 0.875 bits per heavy atom. The van der Waals surface area contributed by atoms with Crippen molar-refractivity contribution in [2.75, 3.05) is 0 Å². The first-order valence-electron chi connectivity index (χ1n) is 7.79. The molecule has 0 spiro atoms. The second kappa shape index (κ2) is 4.80. The number of para-hydroxylation sites is 2. The zero-order chi connectivity index (χ0) is 16.1. The fourth-order valence-electron chi connectivity index (χ4n) is 3.33. The SMILES string of the molecule is O=c1c2c(ccn1-c1cccc3cccnc13)[nH]c1ccccc12. The number of hydrogen-bond donors (Lipinski definition) is 1. The first kappa shape index (κ1) is 13.1. The summed E-state index contributed by atoms with van der Waals surface area (Å²) in [6.45, 7) is 0. The van der Waals surface area contributed by atoms with E-state index < -0.39 is 0 Å². The summed E-state index contributed by atoms with van der Waals surface area (Å²) < 4.78 is 1.68. The number of aromatic nitrogens is 3. The van der Waals surface area contributed by atoms with Crippen LogP contribution in [0.3, 0.4) is 0 Å². The maximum absolute atomic E-state index is 13.2. The maximum atomic E-state index is 13.2. The van der Waals surface area contributed by atoms with E-state index in [1.807, 2.05) is 66.9 Å². The van der Waals surface area contributed by atoms with Gasteiger partial charge in [-0.05, 0) is 24.3 Å². The summed E-state index contributed by atoms with van der Waals surface area (Å²) in [6, 6.07) is 19.6.